The fourth-order valence-corrected chi connectivity index (χ4v) is 6.41. The van der Waals surface area contributed by atoms with Gasteiger partial charge in [0.2, 0.25) is 0 Å². The normalized spacial score (nSPS) is 19.5. The molecule has 37 heavy (non-hydrogen) atoms. The van der Waals surface area contributed by atoms with Gasteiger partial charge in [-0.15, -0.1) is 0 Å². The van der Waals surface area contributed by atoms with Crippen molar-refractivity contribution in [1.82, 2.24) is 14.7 Å². The second kappa shape index (κ2) is 10.1. The zero-order chi connectivity index (χ0) is 26.0. The van der Waals surface area contributed by atoms with E-state index in [9.17, 15) is 23.3 Å². The second-order valence-corrected chi connectivity index (χ2v) is 11.4. The predicted molar refractivity (Wildman–Crippen MR) is 141 cm³/mol. The molecule has 1 amide bonds. The number of hydrogen-bond donors (Lipinski definition) is 1. The maximum atomic E-state index is 13.5. The van der Waals surface area contributed by atoms with Crippen LogP contribution in [0, 0.1) is 11.3 Å². The molecule has 2 fully saturated rings. The third-order valence-corrected chi connectivity index (χ3v) is 8.44. The Morgan fingerprint density at radius 1 is 1.05 bits per heavy atom. The van der Waals surface area contributed by atoms with E-state index < -0.39 is 27.3 Å². The first kappa shape index (κ1) is 24.5. The van der Waals surface area contributed by atoms with Crippen molar-refractivity contribution in [2.75, 3.05) is 47.5 Å². The minimum atomic E-state index is -3.20. The molecule has 2 aliphatic heterocycles. The number of nitrogens with zero attached hydrogens (tertiary/aromatic N) is 5. The van der Waals surface area contributed by atoms with Gasteiger partial charge in [-0.25, -0.2) is 13.4 Å². The monoisotopic (exact) mass is 518 g/mol. The molecule has 0 aliphatic carbocycles. The van der Waals surface area contributed by atoms with Gasteiger partial charge in [-0.2, -0.15) is 5.26 Å². The van der Waals surface area contributed by atoms with Gasteiger partial charge >= 0.3 is 0 Å². The summed E-state index contributed by atoms with van der Waals surface area (Å²) >= 11 is 0. The van der Waals surface area contributed by atoms with Crippen molar-refractivity contribution in [2.45, 2.75) is 12.5 Å². The Morgan fingerprint density at radius 3 is 2.43 bits per heavy atom. The maximum Gasteiger partial charge on any atom is 0.267 e. The van der Waals surface area contributed by atoms with Crippen molar-refractivity contribution in [3.8, 4) is 6.07 Å². The van der Waals surface area contributed by atoms with Crippen molar-refractivity contribution < 1.29 is 13.2 Å². The molecule has 0 radical (unpaired) electrons. The topological polar surface area (TPSA) is 128 Å². The molecule has 1 N–H and O–H groups in total. The van der Waals surface area contributed by atoms with Gasteiger partial charge in [0.15, 0.2) is 9.84 Å². The van der Waals surface area contributed by atoms with Crippen molar-refractivity contribution in [1.29, 1.82) is 5.26 Å². The number of pyridine rings is 1. The van der Waals surface area contributed by atoms with Crippen molar-refractivity contribution in [2.24, 2.45) is 0 Å². The van der Waals surface area contributed by atoms with Crippen molar-refractivity contribution in [3.63, 3.8) is 0 Å². The number of carbonyl (C=O) groups excluding carboxylic acids is 1. The van der Waals surface area contributed by atoms with Gasteiger partial charge in [0.25, 0.3) is 11.5 Å². The molecule has 1 atom stereocenters. The number of fused-ring (bicyclic) bond motifs is 1. The standard InChI is InChI=1S/C26H26N6O4S/c27-17-19(25(33)28-20-9-15-37(35,36)18-20)16-22-24(29-23-8-4-5-10-32(23)26(22)34)31-13-11-30(12-14-31)21-6-2-1-3-7-21/h1-8,10,16,20H,9,11-15,18H2,(H,28,33). The number of benzene rings is 1. The Morgan fingerprint density at radius 2 is 1.76 bits per heavy atom. The maximum absolute atomic E-state index is 13.5. The lowest BCUT2D eigenvalue weighted by molar-refractivity contribution is -0.117. The minimum Gasteiger partial charge on any atom is -0.368 e. The molecule has 0 bridgehead atoms. The summed E-state index contributed by atoms with van der Waals surface area (Å²) in [7, 11) is -3.20. The molecule has 0 saturated carbocycles. The summed E-state index contributed by atoms with van der Waals surface area (Å²) in [5.41, 5.74) is 1.05. The van der Waals surface area contributed by atoms with Crippen LogP contribution >= 0.6 is 0 Å². The molecular formula is C26H26N6O4S. The summed E-state index contributed by atoms with van der Waals surface area (Å²) in [4.78, 5) is 35.3. The van der Waals surface area contributed by atoms with E-state index in [0.717, 1.165) is 5.69 Å². The molecule has 10 nitrogen and oxygen atoms in total. The average Bonchev–Trinajstić information content (AvgIpc) is 3.26. The number of anilines is 2. The summed E-state index contributed by atoms with van der Waals surface area (Å²) < 4.78 is 24.9. The minimum absolute atomic E-state index is 0.00139. The fourth-order valence-electron chi connectivity index (χ4n) is 4.74. The number of rotatable bonds is 5. The Balaban J connectivity index is 1.47. The van der Waals surface area contributed by atoms with Crippen LogP contribution in [0.1, 0.15) is 12.0 Å². The van der Waals surface area contributed by atoms with E-state index in [1.54, 1.807) is 24.4 Å². The average molecular weight is 519 g/mol. The van der Waals surface area contributed by atoms with E-state index >= 15 is 0 Å². The highest BCUT2D eigenvalue weighted by Gasteiger charge is 2.30. The van der Waals surface area contributed by atoms with Crippen LogP contribution in [0.3, 0.4) is 0 Å². The summed E-state index contributed by atoms with van der Waals surface area (Å²) in [6, 6.07) is 16.6. The van der Waals surface area contributed by atoms with Crippen LogP contribution in [0.4, 0.5) is 11.5 Å². The number of carbonyl (C=O) groups is 1. The molecule has 3 aromatic rings. The Kier molecular flexibility index (Phi) is 6.67. The SMILES string of the molecule is N#CC(=Cc1c(N2CCN(c3ccccc3)CC2)nc2ccccn2c1=O)C(=O)NC1CCS(=O)(=O)C1. The van der Waals surface area contributed by atoms with Crippen LogP contribution < -0.4 is 20.7 Å². The second-order valence-electron chi connectivity index (χ2n) is 9.14. The van der Waals surface area contributed by atoms with E-state index in [4.69, 9.17) is 4.98 Å². The smallest absolute Gasteiger partial charge is 0.267 e. The third-order valence-electron chi connectivity index (χ3n) is 6.67. The Bertz CT molecular complexity index is 1570. The fraction of sp³-hybridized carbons (Fsp3) is 0.308. The van der Waals surface area contributed by atoms with E-state index in [2.05, 4.69) is 22.3 Å². The van der Waals surface area contributed by atoms with Gasteiger partial charge in [0.1, 0.15) is 23.1 Å². The number of piperazine rings is 1. The van der Waals surface area contributed by atoms with Gasteiger partial charge in [-0.05, 0) is 36.8 Å². The molecule has 2 saturated heterocycles. The Labute approximate surface area is 214 Å². The molecule has 0 spiro atoms. The van der Waals surface area contributed by atoms with Crippen LogP contribution in [0.5, 0.6) is 0 Å². The van der Waals surface area contributed by atoms with Crippen LogP contribution in [0.25, 0.3) is 11.7 Å². The zero-order valence-electron chi connectivity index (χ0n) is 20.1. The number of hydrogen-bond acceptors (Lipinski definition) is 8. The third kappa shape index (κ3) is 5.20. The largest absolute Gasteiger partial charge is 0.368 e. The number of nitrogens with one attached hydrogen (secondary N) is 1. The number of amides is 1. The van der Waals surface area contributed by atoms with Gasteiger partial charge in [0.05, 0.1) is 17.1 Å². The van der Waals surface area contributed by atoms with Crippen molar-refractivity contribution in [3.05, 3.63) is 76.2 Å². The lowest BCUT2D eigenvalue weighted by Gasteiger charge is -2.37. The highest BCUT2D eigenvalue weighted by atomic mass is 32.2. The summed E-state index contributed by atoms with van der Waals surface area (Å²) in [6.07, 6.45) is 3.16. The molecule has 1 unspecified atom stereocenters. The predicted octanol–water partition coefficient (Wildman–Crippen LogP) is 1.23. The molecule has 11 heteroatoms. The van der Waals surface area contributed by atoms with E-state index in [-0.39, 0.29) is 22.6 Å². The number of nitriles is 1. The number of aromatic nitrogens is 2. The molecule has 5 rings (SSSR count). The first-order chi connectivity index (χ1) is 17.8. The van der Waals surface area contributed by atoms with Crippen LogP contribution in [0.15, 0.2) is 65.1 Å². The van der Waals surface area contributed by atoms with E-state index in [1.807, 2.05) is 29.2 Å². The Hall–Kier alpha value is -4.17. The first-order valence-electron chi connectivity index (χ1n) is 12.0. The molecular weight excluding hydrogens is 492 g/mol. The summed E-state index contributed by atoms with van der Waals surface area (Å²) in [6.45, 7) is 2.62. The van der Waals surface area contributed by atoms with Gasteiger partial charge in [-0.1, -0.05) is 24.3 Å². The van der Waals surface area contributed by atoms with Crippen LogP contribution in [-0.2, 0) is 14.6 Å². The van der Waals surface area contributed by atoms with Gasteiger partial charge in [0, 0.05) is 44.1 Å². The molecule has 4 heterocycles. The van der Waals surface area contributed by atoms with Gasteiger partial charge in [-0.3, -0.25) is 14.0 Å². The highest BCUT2D eigenvalue weighted by molar-refractivity contribution is 7.91. The quantitative estimate of drug-likeness (QED) is 0.395. The highest BCUT2D eigenvalue weighted by Crippen LogP contribution is 2.23. The number of sulfone groups is 1. The summed E-state index contributed by atoms with van der Waals surface area (Å²) in [5.74, 6) is -0.456. The first-order valence-corrected chi connectivity index (χ1v) is 13.9. The molecule has 2 aliphatic rings. The lowest BCUT2D eigenvalue weighted by Crippen LogP contribution is -2.47. The van der Waals surface area contributed by atoms with E-state index in [0.29, 0.717) is 44.1 Å². The van der Waals surface area contributed by atoms with Crippen molar-refractivity contribution >= 4 is 39.0 Å². The van der Waals surface area contributed by atoms with Crippen LogP contribution in [0.2, 0.25) is 0 Å². The zero-order valence-corrected chi connectivity index (χ0v) is 20.9. The molecule has 190 valence electrons. The molecule has 1 aromatic carbocycles. The van der Waals surface area contributed by atoms with E-state index in [1.165, 1.54) is 10.5 Å². The lowest BCUT2D eigenvalue weighted by atomic mass is 10.1. The molecule has 2 aromatic heterocycles. The van der Waals surface area contributed by atoms with Gasteiger partial charge < -0.3 is 15.1 Å². The number of para-hydroxylation sites is 1. The summed E-state index contributed by atoms with van der Waals surface area (Å²) in [5, 5.41) is 12.4. The van der Waals surface area contributed by atoms with Crippen LogP contribution in [-0.4, -0.2) is 67.4 Å².